The predicted molar refractivity (Wildman–Crippen MR) is 116 cm³/mol. The average Bonchev–Trinajstić information content (AvgIpc) is 3.29. The van der Waals surface area contributed by atoms with Gasteiger partial charge in [-0.15, -0.1) is 0 Å². The Kier molecular flexibility index (Phi) is 7.43. The average molecular weight is 454 g/mol. The van der Waals surface area contributed by atoms with E-state index in [0.29, 0.717) is 37.6 Å². The van der Waals surface area contributed by atoms with Crippen molar-refractivity contribution in [3.63, 3.8) is 0 Å². The Morgan fingerprint density at radius 3 is 2.63 bits per heavy atom. The minimum atomic E-state index is -3.87. The zero-order chi connectivity index (χ0) is 21.7. The van der Waals surface area contributed by atoms with E-state index >= 15 is 0 Å². The van der Waals surface area contributed by atoms with E-state index in [4.69, 9.17) is 4.74 Å². The normalized spacial score (nSPS) is 15.3. The predicted octanol–water partition coefficient (Wildman–Crippen LogP) is 1.51. The summed E-state index contributed by atoms with van der Waals surface area (Å²) < 4.78 is 33.0. The van der Waals surface area contributed by atoms with Gasteiger partial charge in [0.25, 0.3) is 5.91 Å². The van der Waals surface area contributed by atoms with Gasteiger partial charge >= 0.3 is 0 Å². The van der Waals surface area contributed by atoms with Gasteiger partial charge in [0.2, 0.25) is 5.91 Å². The van der Waals surface area contributed by atoms with E-state index in [1.54, 1.807) is 0 Å². The molecule has 2 aromatic rings. The lowest BCUT2D eigenvalue weighted by atomic mass is 10.2. The van der Waals surface area contributed by atoms with Crippen LogP contribution in [0.1, 0.15) is 25.3 Å². The lowest BCUT2D eigenvalue weighted by Gasteiger charge is -2.14. The van der Waals surface area contributed by atoms with Gasteiger partial charge in [0.1, 0.15) is 11.5 Å². The van der Waals surface area contributed by atoms with Crippen LogP contribution in [0.3, 0.4) is 0 Å². The summed E-state index contributed by atoms with van der Waals surface area (Å²) in [6, 6.07) is 5.94. The Morgan fingerprint density at radius 1 is 1.20 bits per heavy atom. The van der Waals surface area contributed by atoms with Crippen LogP contribution < -0.4 is 4.80 Å². The summed E-state index contributed by atoms with van der Waals surface area (Å²) in [7, 11) is -3.87. The van der Waals surface area contributed by atoms with Crippen LogP contribution in [-0.4, -0.2) is 67.5 Å². The Hall–Kier alpha value is -2.04. The van der Waals surface area contributed by atoms with Crippen LogP contribution in [0, 0.1) is 6.92 Å². The number of amides is 2. The highest BCUT2D eigenvalue weighted by Crippen LogP contribution is 2.19. The highest BCUT2D eigenvalue weighted by molar-refractivity contribution is 7.92. The van der Waals surface area contributed by atoms with Crippen LogP contribution in [-0.2, 0) is 30.7 Å². The first-order valence-electron chi connectivity index (χ1n) is 10.0. The van der Waals surface area contributed by atoms with Gasteiger partial charge in [0, 0.05) is 26.2 Å². The number of thiazole rings is 1. The van der Waals surface area contributed by atoms with Crippen molar-refractivity contribution in [1.29, 1.82) is 0 Å². The lowest BCUT2D eigenvalue weighted by molar-refractivity contribution is -0.127. The van der Waals surface area contributed by atoms with Gasteiger partial charge in [-0.3, -0.25) is 9.59 Å². The van der Waals surface area contributed by atoms with E-state index < -0.39 is 33.2 Å². The standard InChI is InChI=1S/C20H27N3O5S2/c1-3-28-11-10-23-16-7-6-15(2)12-17(16)29-20(23)21-18(24)13-30(26,27)14-19(25)22-8-4-5-9-22/h6-7,12H,3-5,8-11,13-14H2,1-2H3. The molecular formula is C20H27N3O5S2. The summed E-state index contributed by atoms with van der Waals surface area (Å²) in [4.78, 5) is 30.6. The highest BCUT2D eigenvalue weighted by atomic mass is 32.2. The van der Waals surface area contributed by atoms with Gasteiger partial charge in [-0.05, 0) is 44.4 Å². The number of carbonyl (C=O) groups excluding carboxylic acids is 2. The molecule has 30 heavy (non-hydrogen) atoms. The third-order valence-electron chi connectivity index (χ3n) is 4.87. The highest BCUT2D eigenvalue weighted by Gasteiger charge is 2.26. The van der Waals surface area contributed by atoms with Crippen LogP contribution in [0.15, 0.2) is 23.2 Å². The fourth-order valence-electron chi connectivity index (χ4n) is 3.41. The van der Waals surface area contributed by atoms with E-state index in [-0.39, 0.29) is 0 Å². The van der Waals surface area contributed by atoms with E-state index in [1.807, 2.05) is 36.6 Å². The second kappa shape index (κ2) is 9.84. The maximum absolute atomic E-state index is 12.4. The van der Waals surface area contributed by atoms with Crippen LogP contribution in [0.2, 0.25) is 0 Å². The summed E-state index contributed by atoms with van der Waals surface area (Å²) in [5.74, 6) is -2.63. The lowest BCUT2D eigenvalue weighted by Crippen LogP contribution is -2.35. The summed E-state index contributed by atoms with van der Waals surface area (Å²) in [5, 5.41) is 0. The Bertz CT molecular complexity index is 1100. The van der Waals surface area contributed by atoms with Crippen LogP contribution in [0.5, 0.6) is 0 Å². The van der Waals surface area contributed by atoms with Gasteiger partial charge in [-0.25, -0.2) is 8.42 Å². The third-order valence-corrected chi connectivity index (χ3v) is 7.28. The smallest absolute Gasteiger partial charge is 0.263 e. The minimum Gasteiger partial charge on any atom is -0.380 e. The molecular weight excluding hydrogens is 426 g/mol. The number of hydrogen-bond donors (Lipinski definition) is 0. The van der Waals surface area contributed by atoms with Crippen molar-refractivity contribution in [3.8, 4) is 0 Å². The number of hydrogen-bond acceptors (Lipinski definition) is 6. The van der Waals surface area contributed by atoms with Gasteiger partial charge < -0.3 is 14.2 Å². The fraction of sp³-hybridized carbons (Fsp3) is 0.550. The first kappa shape index (κ1) is 22.6. The molecule has 1 aromatic carbocycles. The number of nitrogens with zero attached hydrogens (tertiary/aromatic N) is 3. The number of benzene rings is 1. The zero-order valence-electron chi connectivity index (χ0n) is 17.3. The molecule has 0 radical (unpaired) electrons. The molecule has 10 heteroatoms. The molecule has 0 unspecified atom stereocenters. The molecule has 1 fully saturated rings. The largest absolute Gasteiger partial charge is 0.380 e. The first-order valence-corrected chi connectivity index (χ1v) is 12.7. The molecule has 164 valence electrons. The number of sulfone groups is 1. The topological polar surface area (TPSA) is 98.0 Å². The number of carbonyl (C=O) groups is 2. The van der Waals surface area contributed by atoms with Crippen molar-refractivity contribution in [2.24, 2.45) is 4.99 Å². The van der Waals surface area contributed by atoms with E-state index in [2.05, 4.69) is 4.99 Å². The molecule has 1 aliphatic rings. The number of likely N-dealkylation sites (tertiary alicyclic amines) is 1. The van der Waals surface area contributed by atoms with Crippen molar-refractivity contribution < 1.29 is 22.7 Å². The Morgan fingerprint density at radius 2 is 1.93 bits per heavy atom. The minimum absolute atomic E-state index is 0.432. The van der Waals surface area contributed by atoms with Crippen LogP contribution >= 0.6 is 11.3 Å². The molecule has 0 spiro atoms. The van der Waals surface area contributed by atoms with Crippen molar-refractivity contribution >= 4 is 43.2 Å². The SMILES string of the molecule is CCOCCn1c(=NC(=O)CS(=O)(=O)CC(=O)N2CCCC2)sc2cc(C)ccc21. The quantitative estimate of drug-likeness (QED) is 0.565. The second-order valence-electron chi connectivity index (χ2n) is 7.33. The molecule has 0 atom stereocenters. The van der Waals surface area contributed by atoms with Crippen molar-refractivity contribution in [1.82, 2.24) is 9.47 Å². The van der Waals surface area contributed by atoms with Crippen LogP contribution in [0.25, 0.3) is 10.2 Å². The summed E-state index contributed by atoms with van der Waals surface area (Å²) >= 11 is 1.33. The molecule has 3 rings (SSSR count). The third kappa shape index (κ3) is 5.77. The Labute approximate surface area is 180 Å². The fourth-order valence-corrected chi connectivity index (χ4v) is 5.68. The van der Waals surface area contributed by atoms with Gasteiger partial charge in [0.15, 0.2) is 14.6 Å². The molecule has 0 bridgehead atoms. The first-order chi connectivity index (χ1) is 14.3. The van der Waals surface area contributed by atoms with Crippen molar-refractivity contribution in [2.75, 3.05) is 37.8 Å². The summed E-state index contributed by atoms with van der Waals surface area (Å²) in [6.07, 6.45) is 1.76. The van der Waals surface area contributed by atoms with E-state index in [1.165, 1.54) is 16.2 Å². The zero-order valence-corrected chi connectivity index (χ0v) is 18.9. The monoisotopic (exact) mass is 453 g/mol. The number of fused-ring (bicyclic) bond motifs is 1. The molecule has 1 aromatic heterocycles. The number of ether oxygens (including phenoxy) is 1. The van der Waals surface area contributed by atoms with Gasteiger partial charge in [0.05, 0.1) is 16.8 Å². The molecule has 0 N–H and O–H groups in total. The van der Waals surface area contributed by atoms with E-state index in [0.717, 1.165) is 28.6 Å². The molecule has 0 aliphatic carbocycles. The maximum atomic E-state index is 12.4. The second-order valence-corrected chi connectivity index (χ2v) is 10.4. The van der Waals surface area contributed by atoms with Crippen LogP contribution in [0.4, 0.5) is 0 Å². The van der Waals surface area contributed by atoms with Gasteiger partial charge in [-0.1, -0.05) is 17.4 Å². The Balaban J connectivity index is 1.81. The number of aromatic nitrogens is 1. The molecule has 1 aliphatic heterocycles. The maximum Gasteiger partial charge on any atom is 0.263 e. The van der Waals surface area contributed by atoms with E-state index in [9.17, 15) is 18.0 Å². The summed E-state index contributed by atoms with van der Waals surface area (Å²) in [5.41, 5.74) is 2.01. The molecule has 0 saturated carbocycles. The molecule has 2 amide bonds. The van der Waals surface area contributed by atoms with Crippen molar-refractivity contribution in [2.45, 2.75) is 33.2 Å². The summed E-state index contributed by atoms with van der Waals surface area (Å²) in [6.45, 7) is 6.58. The van der Waals surface area contributed by atoms with Crippen molar-refractivity contribution in [3.05, 3.63) is 28.6 Å². The molecule has 1 saturated heterocycles. The molecule has 8 nitrogen and oxygen atoms in total. The van der Waals surface area contributed by atoms with Gasteiger partial charge in [-0.2, -0.15) is 4.99 Å². The molecule has 2 heterocycles. The number of aryl methyl sites for hydroxylation is 1. The number of rotatable bonds is 8.